The normalized spacial score (nSPS) is 17.7. The Morgan fingerprint density at radius 2 is 2.22 bits per heavy atom. The number of halogens is 1. The van der Waals surface area contributed by atoms with Crippen LogP contribution in [-0.2, 0) is 14.3 Å². The summed E-state index contributed by atoms with van der Waals surface area (Å²) in [7, 11) is 0. The number of nitrogens with zero attached hydrogens (tertiary/aromatic N) is 3. The fourth-order valence-corrected chi connectivity index (χ4v) is 2.56. The van der Waals surface area contributed by atoms with E-state index < -0.39 is 0 Å². The predicted molar refractivity (Wildman–Crippen MR) is 83.1 cm³/mol. The predicted octanol–water partition coefficient (Wildman–Crippen LogP) is 1.70. The Labute approximate surface area is 139 Å². The maximum atomic E-state index is 12.1. The molecule has 1 aliphatic rings. The molecular weight excluding hydrogens is 322 g/mol. The maximum Gasteiger partial charge on any atom is 0.310 e. The van der Waals surface area contributed by atoms with Gasteiger partial charge in [0.25, 0.3) is 0 Å². The molecule has 1 atom stereocenters. The van der Waals surface area contributed by atoms with Gasteiger partial charge in [-0.1, -0.05) is 18.5 Å². The first-order valence-electron chi connectivity index (χ1n) is 7.65. The first-order chi connectivity index (χ1) is 11.1. The Morgan fingerprint density at radius 3 is 2.96 bits per heavy atom. The SMILES string of the molecule is CCC(=O)N1CCC[C@H](C(=O)OCCOc2cncc(Cl)n2)C1. The van der Waals surface area contributed by atoms with E-state index in [2.05, 4.69) is 9.97 Å². The van der Waals surface area contributed by atoms with Gasteiger partial charge < -0.3 is 14.4 Å². The molecule has 23 heavy (non-hydrogen) atoms. The van der Waals surface area contributed by atoms with Crippen LogP contribution in [0.5, 0.6) is 5.88 Å². The molecule has 0 unspecified atom stereocenters. The van der Waals surface area contributed by atoms with Crippen molar-refractivity contribution in [2.45, 2.75) is 26.2 Å². The second-order valence-electron chi connectivity index (χ2n) is 5.23. The van der Waals surface area contributed by atoms with Crippen LogP contribution in [-0.4, -0.2) is 53.0 Å². The molecule has 2 rings (SSSR count). The van der Waals surface area contributed by atoms with E-state index in [1.807, 2.05) is 6.92 Å². The van der Waals surface area contributed by atoms with Crippen LogP contribution in [0.25, 0.3) is 0 Å². The van der Waals surface area contributed by atoms with Gasteiger partial charge in [0.15, 0.2) is 5.15 Å². The lowest BCUT2D eigenvalue weighted by molar-refractivity contribution is -0.152. The van der Waals surface area contributed by atoms with Crippen LogP contribution in [0.1, 0.15) is 26.2 Å². The van der Waals surface area contributed by atoms with Crippen molar-refractivity contribution in [3.05, 3.63) is 17.5 Å². The van der Waals surface area contributed by atoms with Crippen LogP contribution in [0.3, 0.4) is 0 Å². The summed E-state index contributed by atoms with van der Waals surface area (Å²) < 4.78 is 10.5. The van der Waals surface area contributed by atoms with E-state index >= 15 is 0 Å². The number of amides is 1. The summed E-state index contributed by atoms with van der Waals surface area (Å²) in [4.78, 5) is 33.2. The summed E-state index contributed by atoms with van der Waals surface area (Å²) in [5.41, 5.74) is 0. The molecule has 0 radical (unpaired) electrons. The van der Waals surface area contributed by atoms with E-state index in [0.717, 1.165) is 12.8 Å². The fraction of sp³-hybridized carbons (Fsp3) is 0.600. The summed E-state index contributed by atoms with van der Waals surface area (Å²) in [6.07, 6.45) is 4.85. The number of rotatable bonds is 6. The molecule has 1 amide bonds. The van der Waals surface area contributed by atoms with Gasteiger partial charge in [0, 0.05) is 19.5 Å². The molecule has 2 heterocycles. The highest BCUT2D eigenvalue weighted by Gasteiger charge is 2.28. The first-order valence-corrected chi connectivity index (χ1v) is 8.02. The minimum Gasteiger partial charge on any atom is -0.473 e. The Bertz CT molecular complexity index is 555. The lowest BCUT2D eigenvalue weighted by Crippen LogP contribution is -2.42. The van der Waals surface area contributed by atoms with Gasteiger partial charge in [-0.25, -0.2) is 0 Å². The van der Waals surface area contributed by atoms with Gasteiger partial charge in [0.2, 0.25) is 11.8 Å². The molecule has 1 saturated heterocycles. The number of hydrogen-bond acceptors (Lipinski definition) is 6. The highest BCUT2D eigenvalue weighted by molar-refractivity contribution is 6.29. The van der Waals surface area contributed by atoms with Gasteiger partial charge in [-0.15, -0.1) is 0 Å². The van der Waals surface area contributed by atoms with Crippen LogP contribution >= 0.6 is 11.6 Å². The Balaban J connectivity index is 1.71. The van der Waals surface area contributed by atoms with Crippen molar-refractivity contribution in [1.29, 1.82) is 0 Å². The molecule has 7 nitrogen and oxygen atoms in total. The third-order valence-electron chi connectivity index (χ3n) is 3.57. The zero-order chi connectivity index (χ0) is 16.7. The highest BCUT2D eigenvalue weighted by Crippen LogP contribution is 2.18. The standard InChI is InChI=1S/C15H20ClN3O4/c1-2-14(20)19-5-3-4-11(10-19)15(21)23-7-6-22-13-9-17-8-12(16)18-13/h8-9,11H,2-7,10H2,1H3/t11-/m0/s1. The number of carbonyl (C=O) groups excluding carboxylic acids is 2. The number of ether oxygens (including phenoxy) is 2. The molecule has 1 aliphatic heterocycles. The van der Waals surface area contributed by atoms with Gasteiger partial charge in [0.05, 0.1) is 18.3 Å². The van der Waals surface area contributed by atoms with E-state index in [0.29, 0.717) is 19.5 Å². The number of carbonyl (C=O) groups is 2. The van der Waals surface area contributed by atoms with E-state index in [-0.39, 0.29) is 42.0 Å². The van der Waals surface area contributed by atoms with Crippen LogP contribution in [0.2, 0.25) is 5.15 Å². The molecule has 0 aliphatic carbocycles. The smallest absolute Gasteiger partial charge is 0.310 e. The number of hydrogen-bond donors (Lipinski definition) is 0. The second-order valence-corrected chi connectivity index (χ2v) is 5.62. The van der Waals surface area contributed by atoms with Crippen molar-refractivity contribution in [3.63, 3.8) is 0 Å². The fourth-order valence-electron chi connectivity index (χ4n) is 2.42. The quantitative estimate of drug-likeness (QED) is 0.578. The van der Waals surface area contributed by atoms with Crippen LogP contribution < -0.4 is 4.74 Å². The number of likely N-dealkylation sites (tertiary alicyclic amines) is 1. The van der Waals surface area contributed by atoms with Crippen LogP contribution in [0.4, 0.5) is 0 Å². The van der Waals surface area contributed by atoms with Crippen molar-refractivity contribution < 1.29 is 19.1 Å². The minimum atomic E-state index is -0.292. The van der Waals surface area contributed by atoms with E-state index in [1.54, 1.807) is 4.90 Å². The Kier molecular flexibility index (Phi) is 6.58. The maximum absolute atomic E-state index is 12.1. The second kappa shape index (κ2) is 8.67. The highest BCUT2D eigenvalue weighted by atomic mass is 35.5. The van der Waals surface area contributed by atoms with Crippen molar-refractivity contribution >= 4 is 23.5 Å². The average molecular weight is 342 g/mol. The zero-order valence-electron chi connectivity index (χ0n) is 13.0. The van der Waals surface area contributed by atoms with Gasteiger partial charge in [-0.05, 0) is 12.8 Å². The van der Waals surface area contributed by atoms with Crippen LogP contribution in [0, 0.1) is 5.92 Å². The van der Waals surface area contributed by atoms with Crippen molar-refractivity contribution in [2.24, 2.45) is 5.92 Å². The monoisotopic (exact) mass is 341 g/mol. The molecule has 0 N–H and O–H groups in total. The first kappa shape index (κ1) is 17.5. The topological polar surface area (TPSA) is 81.6 Å². The number of esters is 1. The van der Waals surface area contributed by atoms with Gasteiger partial charge in [-0.3, -0.25) is 14.6 Å². The summed E-state index contributed by atoms with van der Waals surface area (Å²) in [5, 5.41) is 0.238. The summed E-state index contributed by atoms with van der Waals surface area (Å²) in [6.45, 7) is 3.26. The molecule has 8 heteroatoms. The minimum absolute atomic E-state index is 0.0744. The summed E-state index contributed by atoms with van der Waals surface area (Å²) in [5.74, 6) is -0.194. The molecule has 0 spiro atoms. The van der Waals surface area contributed by atoms with Crippen molar-refractivity contribution in [1.82, 2.24) is 14.9 Å². The third kappa shape index (κ3) is 5.35. The molecule has 1 aromatic heterocycles. The molecular formula is C15H20ClN3O4. The molecule has 0 bridgehead atoms. The molecule has 1 aromatic rings. The summed E-state index contributed by atoms with van der Waals surface area (Å²) in [6, 6.07) is 0. The summed E-state index contributed by atoms with van der Waals surface area (Å²) >= 11 is 5.69. The molecule has 0 aromatic carbocycles. The van der Waals surface area contributed by atoms with Crippen molar-refractivity contribution in [2.75, 3.05) is 26.3 Å². The van der Waals surface area contributed by atoms with E-state index in [1.165, 1.54) is 12.4 Å². The third-order valence-corrected chi connectivity index (χ3v) is 3.75. The Hall–Kier alpha value is -1.89. The zero-order valence-corrected chi connectivity index (χ0v) is 13.8. The number of piperidine rings is 1. The number of aromatic nitrogens is 2. The van der Waals surface area contributed by atoms with Gasteiger partial charge in [-0.2, -0.15) is 4.98 Å². The van der Waals surface area contributed by atoms with Gasteiger partial charge in [0.1, 0.15) is 13.2 Å². The molecule has 0 saturated carbocycles. The largest absolute Gasteiger partial charge is 0.473 e. The van der Waals surface area contributed by atoms with E-state index in [9.17, 15) is 9.59 Å². The van der Waals surface area contributed by atoms with E-state index in [4.69, 9.17) is 21.1 Å². The molecule has 1 fully saturated rings. The van der Waals surface area contributed by atoms with Gasteiger partial charge >= 0.3 is 5.97 Å². The molecule has 126 valence electrons. The lowest BCUT2D eigenvalue weighted by Gasteiger charge is -2.31. The lowest BCUT2D eigenvalue weighted by atomic mass is 9.98. The van der Waals surface area contributed by atoms with Crippen molar-refractivity contribution in [3.8, 4) is 5.88 Å². The average Bonchev–Trinajstić information content (AvgIpc) is 2.58. The van der Waals surface area contributed by atoms with Crippen LogP contribution in [0.15, 0.2) is 12.4 Å². The Morgan fingerprint density at radius 1 is 1.39 bits per heavy atom.